The lowest BCUT2D eigenvalue weighted by atomic mass is 10.0. The second-order valence-electron chi connectivity index (χ2n) is 4.76. The van der Waals surface area contributed by atoms with Crippen LogP contribution < -0.4 is 10.1 Å². The summed E-state index contributed by atoms with van der Waals surface area (Å²) in [6.45, 7) is 0.780. The molecule has 2 aromatic carbocycles. The van der Waals surface area contributed by atoms with Gasteiger partial charge in [0.2, 0.25) is 0 Å². The van der Waals surface area contributed by atoms with E-state index in [1.54, 1.807) is 12.1 Å². The zero-order valence-electron chi connectivity index (χ0n) is 10.6. The number of benzene rings is 2. The average molecular weight is 257 g/mol. The number of ether oxygens (including phenoxy) is 1. The number of fused-ring (bicyclic) bond motifs is 1. The van der Waals surface area contributed by atoms with Crippen LogP contribution in [-0.4, -0.2) is 6.23 Å². The van der Waals surface area contributed by atoms with E-state index in [4.69, 9.17) is 4.74 Å². The van der Waals surface area contributed by atoms with E-state index in [0.29, 0.717) is 0 Å². The summed E-state index contributed by atoms with van der Waals surface area (Å²) in [4.78, 5) is 0. The molecule has 98 valence electrons. The maximum absolute atomic E-state index is 13.1. The lowest BCUT2D eigenvalue weighted by Crippen LogP contribution is -2.36. The SMILES string of the molecule is Fc1ccc2c(c1)CC[C@H](NCc1ccccc1)O2. The van der Waals surface area contributed by atoms with Crippen LogP contribution in [0.25, 0.3) is 0 Å². The van der Waals surface area contributed by atoms with Crippen LogP contribution in [0.15, 0.2) is 48.5 Å². The summed E-state index contributed by atoms with van der Waals surface area (Å²) in [5, 5.41) is 3.38. The Balaban J connectivity index is 1.61. The molecule has 2 aromatic rings. The summed E-state index contributed by atoms with van der Waals surface area (Å²) >= 11 is 0. The molecule has 1 aliphatic heterocycles. The summed E-state index contributed by atoms with van der Waals surface area (Å²) < 4.78 is 18.9. The highest BCUT2D eigenvalue weighted by Crippen LogP contribution is 2.27. The number of nitrogens with one attached hydrogen (secondary N) is 1. The van der Waals surface area contributed by atoms with Crippen molar-refractivity contribution in [2.75, 3.05) is 0 Å². The maximum atomic E-state index is 13.1. The molecule has 1 atom stereocenters. The number of aryl methyl sites for hydroxylation is 1. The Labute approximate surface area is 112 Å². The van der Waals surface area contributed by atoms with E-state index < -0.39 is 0 Å². The van der Waals surface area contributed by atoms with Crippen LogP contribution in [0.5, 0.6) is 5.75 Å². The highest BCUT2D eigenvalue weighted by atomic mass is 19.1. The van der Waals surface area contributed by atoms with Crippen LogP contribution in [-0.2, 0) is 13.0 Å². The van der Waals surface area contributed by atoms with Crippen molar-refractivity contribution in [3.05, 3.63) is 65.5 Å². The fourth-order valence-electron chi connectivity index (χ4n) is 2.33. The molecule has 2 nitrogen and oxygen atoms in total. The van der Waals surface area contributed by atoms with Crippen LogP contribution in [0, 0.1) is 5.82 Å². The normalized spacial score (nSPS) is 17.6. The Morgan fingerprint density at radius 1 is 1.16 bits per heavy atom. The Morgan fingerprint density at radius 2 is 2.00 bits per heavy atom. The largest absolute Gasteiger partial charge is 0.475 e. The fraction of sp³-hybridized carbons (Fsp3) is 0.250. The summed E-state index contributed by atoms with van der Waals surface area (Å²) in [6, 6.07) is 14.9. The lowest BCUT2D eigenvalue weighted by molar-refractivity contribution is 0.136. The van der Waals surface area contributed by atoms with Gasteiger partial charge in [0.05, 0.1) is 0 Å². The van der Waals surface area contributed by atoms with Crippen LogP contribution in [0.4, 0.5) is 4.39 Å². The predicted molar refractivity (Wildman–Crippen MR) is 72.4 cm³/mol. The molecule has 0 radical (unpaired) electrons. The first-order valence-electron chi connectivity index (χ1n) is 6.54. The van der Waals surface area contributed by atoms with Crippen molar-refractivity contribution in [3.8, 4) is 5.75 Å². The van der Waals surface area contributed by atoms with Gasteiger partial charge < -0.3 is 4.74 Å². The van der Waals surface area contributed by atoms with Gasteiger partial charge in [0.1, 0.15) is 11.6 Å². The maximum Gasteiger partial charge on any atom is 0.150 e. The minimum atomic E-state index is -0.196. The Hall–Kier alpha value is -1.87. The molecule has 1 heterocycles. The molecule has 0 aromatic heterocycles. The molecular weight excluding hydrogens is 241 g/mol. The second-order valence-corrected chi connectivity index (χ2v) is 4.76. The summed E-state index contributed by atoms with van der Waals surface area (Å²) in [5.74, 6) is 0.594. The standard InChI is InChI=1S/C16H16FNO/c17-14-7-8-15-13(10-14)6-9-16(19-15)18-11-12-4-2-1-3-5-12/h1-5,7-8,10,16,18H,6,9,11H2/t16-/m1/s1. The quantitative estimate of drug-likeness (QED) is 0.911. The van der Waals surface area contributed by atoms with Gasteiger partial charge >= 0.3 is 0 Å². The molecule has 1 aliphatic rings. The van der Waals surface area contributed by atoms with Crippen molar-refractivity contribution in [1.82, 2.24) is 5.32 Å². The first-order chi connectivity index (χ1) is 9.31. The van der Waals surface area contributed by atoms with Crippen LogP contribution in [0.1, 0.15) is 17.5 Å². The minimum Gasteiger partial charge on any atom is -0.475 e. The predicted octanol–water partition coefficient (Wildman–Crippen LogP) is 3.27. The smallest absolute Gasteiger partial charge is 0.150 e. The molecule has 3 rings (SSSR count). The van der Waals surface area contributed by atoms with Gasteiger partial charge in [-0.05, 0) is 35.7 Å². The van der Waals surface area contributed by atoms with E-state index in [-0.39, 0.29) is 12.0 Å². The molecule has 0 saturated heterocycles. The highest BCUT2D eigenvalue weighted by molar-refractivity contribution is 5.35. The topological polar surface area (TPSA) is 21.3 Å². The highest BCUT2D eigenvalue weighted by Gasteiger charge is 2.19. The molecule has 0 saturated carbocycles. The van der Waals surface area contributed by atoms with Gasteiger partial charge in [-0.3, -0.25) is 5.32 Å². The molecule has 0 unspecified atom stereocenters. The van der Waals surface area contributed by atoms with Crippen molar-refractivity contribution >= 4 is 0 Å². The Bertz CT molecular complexity index is 556. The summed E-state index contributed by atoms with van der Waals surface area (Å²) in [5.41, 5.74) is 2.19. The molecule has 0 aliphatic carbocycles. The number of halogens is 1. The first-order valence-corrected chi connectivity index (χ1v) is 6.54. The monoisotopic (exact) mass is 257 g/mol. The average Bonchev–Trinajstić information content (AvgIpc) is 2.46. The first kappa shape index (κ1) is 12.2. The summed E-state index contributed by atoms with van der Waals surface area (Å²) in [6.07, 6.45) is 1.71. The third-order valence-corrected chi connectivity index (χ3v) is 3.34. The Morgan fingerprint density at radius 3 is 2.84 bits per heavy atom. The van der Waals surface area contributed by atoms with Crippen molar-refractivity contribution in [2.24, 2.45) is 0 Å². The van der Waals surface area contributed by atoms with E-state index >= 15 is 0 Å². The van der Waals surface area contributed by atoms with Gasteiger partial charge in [0.25, 0.3) is 0 Å². The van der Waals surface area contributed by atoms with Crippen LogP contribution in [0.2, 0.25) is 0 Å². The minimum absolute atomic E-state index is 0.00170. The molecule has 0 amide bonds. The second kappa shape index (κ2) is 5.41. The van der Waals surface area contributed by atoms with Crippen LogP contribution >= 0.6 is 0 Å². The number of rotatable bonds is 3. The van der Waals surface area contributed by atoms with Crippen molar-refractivity contribution < 1.29 is 9.13 Å². The van der Waals surface area contributed by atoms with E-state index in [9.17, 15) is 4.39 Å². The number of hydrogen-bond acceptors (Lipinski definition) is 2. The van der Waals surface area contributed by atoms with Crippen molar-refractivity contribution in [1.29, 1.82) is 0 Å². The van der Waals surface area contributed by atoms with Crippen molar-refractivity contribution in [2.45, 2.75) is 25.6 Å². The fourth-order valence-corrected chi connectivity index (χ4v) is 2.33. The molecule has 19 heavy (non-hydrogen) atoms. The van der Waals surface area contributed by atoms with Gasteiger partial charge in [0.15, 0.2) is 6.23 Å². The van der Waals surface area contributed by atoms with Gasteiger partial charge in [-0.1, -0.05) is 30.3 Å². The molecule has 0 fully saturated rings. The van der Waals surface area contributed by atoms with Crippen LogP contribution in [0.3, 0.4) is 0 Å². The lowest BCUT2D eigenvalue weighted by Gasteiger charge is -2.26. The third kappa shape index (κ3) is 2.93. The number of hydrogen-bond donors (Lipinski definition) is 1. The van der Waals surface area contributed by atoms with Crippen molar-refractivity contribution in [3.63, 3.8) is 0 Å². The molecule has 0 spiro atoms. The molecule has 0 bridgehead atoms. The zero-order valence-corrected chi connectivity index (χ0v) is 10.6. The molecule has 3 heteroatoms. The van der Waals surface area contributed by atoms with E-state index in [2.05, 4.69) is 17.4 Å². The van der Waals surface area contributed by atoms with E-state index in [0.717, 1.165) is 30.7 Å². The molecular formula is C16H16FNO. The molecule has 1 N–H and O–H groups in total. The van der Waals surface area contributed by atoms with E-state index in [1.807, 2.05) is 18.2 Å². The van der Waals surface area contributed by atoms with Gasteiger partial charge in [-0.15, -0.1) is 0 Å². The Kier molecular flexibility index (Phi) is 3.47. The summed E-state index contributed by atoms with van der Waals surface area (Å²) in [7, 11) is 0. The van der Waals surface area contributed by atoms with Gasteiger partial charge in [-0.2, -0.15) is 0 Å². The van der Waals surface area contributed by atoms with E-state index in [1.165, 1.54) is 11.6 Å². The third-order valence-electron chi connectivity index (χ3n) is 3.34. The van der Waals surface area contributed by atoms with Gasteiger partial charge in [-0.25, -0.2) is 4.39 Å². The van der Waals surface area contributed by atoms with Gasteiger partial charge in [0, 0.05) is 13.0 Å². The zero-order chi connectivity index (χ0) is 13.1.